The Labute approximate surface area is 119 Å². The Morgan fingerprint density at radius 1 is 1.22 bits per heavy atom. The van der Waals surface area contributed by atoms with Crippen molar-refractivity contribution < 1.29 is 0 Å². The van der Waals surface area contributed by atoms with Crippen LogP contribution in [0.2, 0.25) is 0 Å². The Bertz CT molecular complexity index is 605. The van der Waals surface area contributed by atoms with Gasteiger partial charge in [-0.25, -0.2) is 0 Å². The molecule has 0 aromatic heterocycles. The van der Waals surface area contributed by atoms with Gasteiger partial charge in [-0.15, -0.1) is 0 Å². The number of halogens is 1. The molecule has 0 heterocycles. The number of anilines is 1. The molecule has 2 aromatic carbocycles. The van der Waals surface area contributed by atoms with Crippen molar-refractivity contribution in [3.63, 3.8) is 0 Å². The van der Waals surface area contributed by atoms with Crippen LogP contribution in [0.5, 0.6) is 0 Å². The van der Waals surface area contributed by atoms with E-state index in [2.05, 4.69) is 28.1 Å². The predicted octanol–water partition coefficient (Wildman–Crippen LogP) is 4.25. The third-order valence-corrected chi connectivity index (χ3v) is 4.47. The minimum Gasteiger partial charge on any atom is -0.398 e. The Balaban J connectivity index is 2.28. The van der Waals surface area contributed by atoms with Gasteiger partial charge in [-0.05, 0) is 51.8 Å². The maximum absolute atomic E-state index is 8.75. The van der Waals surface area contributed by atoms with Crippen LogP contribution in [0, 0.1) is 11.3 Å². The van der Waals surface area contributed by atoms with Gasteiger partial charge in [-0.2, -0.15) is 5.26 Å². The summed E-state index contributed by atoms with van der Waals surface area (Å²) in [4.78, 5) is 2.23. The number of nitrogens with two attached hydrogens (primary N) is 1. The zero-order chi connectivity index (χ0) is 13.0. The van der Waals surface area contributed by atoms with Gasteiger partial charge in [0.25, 0.3) is 0 Å². The van der Waals surface area contributed by atoms with Crippen molar-refractivity contribution in [3.05, 3.63) is 52.5 Å². The Morgan fingerprint density at radius 2 is 2.00 bits per heavy atom. The van der Waals surface area contributed by atoms with Gasteiger partial charge < -0.3 is 5.73 Å². The normalized spacial score (nSPS) is 10.0. The summed E-state index contributed by atoms with van der Waals surface area (Å²) in [6, 6.07) is 16.0. The maximum atomic E-state index is 8.75. The van der Waals surface area contributed by atoms with Crippen LogP contribution in [-0.4, -0.2) is 0 Å². The summed E-state index contributed by atoms with van der Waals surface area (Å²) in [5, 5.41) is 8.75. The highest BCUT2D eigenvalue weighted by Crippen LogP contribution is 2.34. The van der Waals surface area contributed by atoms with Crippen LogP contribution in [0.15, 0.2) is 56.7 Å². The van der Waals surface area contributed by atoms with Gasteiger partial charge in [0, 0.05) is 20.0 Å². The highest BCUT2D eigenvalue weighted by Gasteiger charge is 2.04. The summed E-state index contributed by atoms with van der Waals surface area (Å²) in [7, 11) is 0. The van der Waals surface area contributed by atoms with Crippen molar-refractivity contribution in [1.29, 1.82) is 5.26 Å². The lowest BCUT2D eigenvalue weighted by molar-refractivity contribution is 1.23. The predicted molar refractivity (Wildman–Crippen MR) is 78.4 cm³/mol. The minimum absolute atomic E-state index is 0.343. The van der Waals surface area contributed by atoms with Crippen molar-refractivity contribution in [2.45, 2.75) is 16.2 Å². The van der Waals surface area contributed by atoms with E-state index in [0.717, 1.165) is 19.8 Å². The van der Waals surface area contributed by atoms with Crippen molar-refractivity contribution in [1.82, 2.24) is 0 Å². The van der Waals surface area contributed by atoms with E-state index < -0.39 is 0 Å². The SMILES string of the molecule is N#CCc1cc(Sc2ccccc2Br)ccc1N. The minimum atomic E-state index is 0.343. The quantitative estimate of drug-likeness (QED) is 0.861. The largest absolute Gasteiger partial charge is 0.398 e. The van der Waals surface area contributed by atoms with Crippen LogP contribution >= 0.6 is 27.7 Å². The third-order valence-electron chi connectivity index (χ3n) is 2.45. The molecular formula is C14H11BrN2S. The molecule has 90 valence electrons. The van der Waals surface area contributed by atoms with Crippen molar-refractivity contribution in [3.8, 4) is 6.07 Å². The fourth-order valence-electron chi connectivity index (χ4n) is 1.54. The molecule has 2 nitrogen and oxygen atoms in total. The zero-order valence-electron chi connectivity index (χ0n) is 9.56. The summed E-state index contributed by atoms with van der Waals surface area (Å²) in [6.07, 6.45) is 0.343. The number of hydrogen-bond donors (Lipinski definition) is 1. The molecule has 0 radical (unpaired) electrons. The number of benzene rings is 2. The molecule has 18 heavy (non-hydrogen) atoms. The average Bonchev–Trinajstić information content (AvgIpc) is 2.36. The van der Waals surface area contributed by atoms with Crippen LogP contribution in [-0.2, 0) is 6.42 Å². The van der Waals surface area contributed by atoms with Crippen molar-refractivity contribution >= 4 is 33.4 Å². The van der Waals surface area contributed by atoms with Crippen LogP contribution < -0.4 is 5.73 Å². The molecule has 0 bridgehead atoms. The summed E-state index contributed by atoms with van der Waals surface area (Å²) < 4.78 is 1.06. The Kier molecular flexibility index (Phi) is 4.29. The second kappa shape index (κ2) is 5.94. The van der Waals surface area contributed by atoms with E-state index in [1.165, 1.54) is 0 Å². The van der Waals surface area contributed by atoms with Gasteiger partial charge in [-0.3, -0.25) is 0 Å². The molecule has 4 heteroatoms. The highest BCUT2D eigenvalue weighted by atomic mass is 79.9. The van der Waals surface area contributed by atoms with Crippen LogP contribution in [0.25, 0.3) is 0 Å². The molecule has 2 aromatic rings. The van der Waals surface area contributed by atoms with Gasteiger partial charge in [0.05, 0.1) is 12.5 Å². The monoisotopic (exact) mass is 318 g/mol. The lowest BCUT2D eigenvalue weighted by atomic mass is 10.1. The van der Waals surface area contributed by atoms with Crippen molar-refractivity contribution in [2.75, 3.05) is 5.73 Å². The Hall–Kier alpha value is -1.44. The topological polar surface area (TPSA) is 49.8 Å². The van der Waals surface area contributed by atoms with E-state index in [1.807, 2.05) is 36.4 Å². The summed E-state index contributed by atoms with van der Waals surface area (Å²) >= 11 is 5.17. The van der Waals surface area contributed by atoms with Crippen LogP contribution in [0.4, 0.5) is 5.69 Å². The van der Waals surface area contributed by atoms with Crippen LogP contribution in [0.1, 0.15) is 5.56 Å². The smallest absolute Gasteiger partial charge is 0.0670 e. The standard InChI is InChI=1S/C14H11BrN2S/c15-12-3-1-2-4-14(12)18-11-5-6-13(17)10(9-11)7-8-16/h1-6,9H,7,17H2. The molecule has 0 saturated heterocycles. The van der Waals surface area contributed by atoms with E-state index in [1.54, 1.807) is 11.8 Å². The van der Waals surface area contributed by atoms with Gasteiger partial charge in [0.1, 0.15) is 0 Å². The molecule has 0 fully saturated rings. The fraction of sp³-hybridized carbons (Fsp3) is 0.0714. The number of nitrogens with zero attached hydrogens (tertiary/aromatic N) is 1. The molecule has 0 spiro atoms. The van der Waals surface area contributed by atoms with Gasteiger partial charge >= 0.3 is 0 Å². The van der Waals surface area contributed by atoms with Crippen LogP contribution in [0.3, 0.4) is 0 Å². The molecule has 0 aliphatic rings. The summed E-state index contributed by atoms with van der Waals surface area (Å²) in [5.74, 6) is 0. The fourth-order valence-corrected chi connectivity index (χ4v) is 2.97. The van der Waals surface area contributed by atoms with Gasteiger partial charge in [0.2, 0.25) is 0 Å². The second-order valence-corrected chi connectivity index (χ2v) is 5.70. The molecule has 2 N–H and O–H groups in total. The lowest BCUT2D eigenvalue weighted by Crippen LogP contribution is -1.93. The van der Waals surface area contributed by atoms with E-state index in [9.17, 15) is 0 Å². The van der Waals surface area contributed by atoms with Crippen molar-refractivity contribution in [2.24, 2.45) is 0 Å². The molecule has 0 aliphatic carbocycles. The number of hydrogen-bond acceptors (Lipinski definition) is 3. The second-order valence-electron chi connectivity index (χ2n) is 3.73. The Morgan fingerprint density at radius 3 is 2.72 bits per heavy atom. The van der Waals surface area contributed by atoms with E-state index in [4.69, 9.17) is 11.0 Å². The van der Waals surface area contributed by atoms with E-state index in [-0.39, 0.29) is 0 Å². The molecule has 0 aliphatic heterocycles. The van der Waals surface area contributed by atoms with E-state index in [0.29, 0.717) is 12.1 Å². The first kappa shape index (κ1) is 13.0. The first-order chi connectivity index (χ1) is 8.70. The number of rotatable bonds is 3. The number of nitrogen functional groups attached to an aromatic ring is 1. The van der Waals surface area contributed by atoms with E-state index >= 15 is 0 Å². The third kappa shape index (κ3) is 3.06. The molecule has 0 amide bonds. The van der Waals surface area contributed by atoms with Gasteiger partial charge in [0.15, 0.2) is 0 Å². The zero-order valence-corrected chi connectivity index (χ0v) is 12.0. The molecule has 0 unspecified atom stereocenters. The lowest BCUT2D eigenvalue weighted by Gasteiger charge is -2.07. The molecule has 0 saturated carbocycles. The first-order valence-corrected chi connectivity index (χ1v) is 6.99. The molecule has 0 atom stereocenters. The molecule has 2 rings (SSSR count). The summed E-state index contributed by atoms with van der Waals surface area (Å²) in [5.41, 5.74) is 7.39. The number of nitriles is 1. The average molecular weight is 319 g/mol. The van der Waals surface area contributed by atoms with Gasteiger partial charge in [-0.1, -0.05) is 23.9 Å². The summed E-state index contributed by atoms with van der Waals surface area (Å²) in [6.45, 7) is 0. The first-order valence-electron chi connectivity index (χ1n) is 5.38. The highest BCUT2D eigenvalue weighted by molar-refractivity contribution is 9.10. The molecular weight excluding hydrogens is 308 g/mol. The maximum Gasteiger partial charge on any atom is 0.0670 e.